The van der Waals surface area contributed by atoms with Crippen LogP contribution in [0.3, 0.4) is 0 Å². The van der Waals surface area contributed by atoms with Crippen molar-refractivity contribution >= 4 is 11.8 Å². The van der Waals surface area contributed by atoms with E-state index in [1.807, 2.05) is 17.8 Å². The number of aliphatic hydroxyl groups is 1. The van der Waals surface area contributed by atoms with E-state index in [-0.39, 0.29) is 6.61 Å². The topological polar surface area (TPSA) is 20.2 Å². The third-order valence-corrected chi connectivity index (χ3v) is 4.19. The first-order chi connectivity index (χ1) is 7.04. The number of aliphatic hydroxyl groups excluding tert-OH is 1. The van der Waals surface area contributed by atoms with Crippen LogP contribution in [-0.2, 0) is 6.61 Å². The quantitative estimate of drug-likeness (QED) is 0.788. The summed E-state index contributed by atoms with van der Waals surface area (Å²) in [6, 6.07) is 6.28. The third kappa shape index (κ3) is 3.54. The van der Waals surface area contributed by atoms with Crippen molar-refractivity contribution < 1.29 is 5.11 Å². The predicted octanol–water partition coefficient (Wildman–Crippen LogP) is 3.62. The Morgan fingerprint density at radius 1 is 1.27 bits per heavy atom. The molecular formula is C13H20OS. The summed E-state index contributed by atoms with van der Waals surface area (Å²) in [7, 11) is 0. The monoisotopic (exact) mass is 224 g/mol. The van der Waals surface area contributed by atoms with E-state index < -0.39 is 0 Å². The molecule has 0 aromatic heterocycles. The third-order valence-electron chi connectivity index (χ3n) is 2.75. The Bertz CT molecular complexity index is 320. The highest BCUT2D eigenvalue weighted by Crippen LogP contribution is 2.29. The SMILES string of the molecule is Cc1cc(SC(C)C(C)C)ccc1CO. The van der Waals surface area contributed by atoms with Gasteiger partial charge in [0.2, 0.25) is 0 Å². The molecule has 0 heterocycles. The molecule has 0 aliphatic carbocycles. The molecule has 1 atom stereocenters. The van der Waals surface area contributed by atoms with Crippen LogP contribution in [0.1, 0.15) is 31.9 Å². The van der Waals surface area contributed by atoms with Gasteiger partial charge in [0.25, 0.3) is 0 Å². The average molecular weight is 224 g/mol. The van der Waals surface area contributed by atoms with Gasteiger partial charge in [-0.15, -0.1) is 11.8 Å². The maximum Gasteiger partial charge on any atom is 0.0684 e. The summed E-state index contributed by atoms with van der Waals surface area (Å²) in [5.41, 5.74) is 2.20. The molecule has 1 rings (SSSR count). The standard InChI is InChI=1S/C13H20OS/c1-9(2)11(4)15-13-6-5-12(8-14)10(3)7-13/h5-7,9,11,14H,8H2,1-4H3. The zero-order valence-electron chi connectivity index (χ0n) is 9.95. The molecule has 2 heteroatoms. The summed E-state index contributed by atoms with van der Waals surface area (Å²) in [5.74, 6) is 0.688. The lowest BCUT2D eigenvalue weighted by Crippen LogP contribution is -2.05. The van der Waals surface area contributed by atoms with Crippen molar-refractivity contribution in [2.24, 2.45) is 5.92 Å². The van der Waals surface area contributed by atoms with E-state index in [9.17, 15) is 0 Å². The lowest BCUT2D eigenvalue weighted by Gasteiger charge is -2.15. The van der Waals surface area contributed by atoms with Gasteiger partial charge in [-0.2, -0.15) is 0 Å². The number of rotatable bonds is 4. The fraction of sp³-hybridized carbons (Fsp3) is 0.538. The summed E-state index contributed by atoms with van der Waals surface area (Å²) >= 11 is 1.90. The van der Waals surface area contributed by atoms with Crippen LogP contribution in [0.4, 0.5) is 0 Å². The first-order valence-electron chi connectivity index (χ1n) is 5.41. The van der Waals surface area contributed by atoms with Crippen LogP contribution in [0.5, 0.6) is 0 Å². The van der Waals surface area contributed by atoms with Crippen LogP contribution in [0, 0.1) is 12.8 Å². The Morgan fingerprint density at radius 2 is 1.93 bits per heavy atom. The Labute approximate surface area is 96.9 Å². The van der Waals surface area contributed by atoms with Crippen LogP contribution in [0.15, 0.2) is 23.1 Å². The first kappa shape index (κ1) is 12.6. The van der Waals surface area contributed by atoms with Crippen molar-refractivity contribution in [2.45, 2.75) is 44.4 Å². The van der Waals surface area contributed by atoms with E-state index in [4.69, 9.17) is 5.11 Å². The molecule has 0 saturated heterocycles. The molecule has 0 saturated carbocycles. The predicted molar refractivity (Wildman–Crippen MR) is 67.3 cm³/mol. The zero-order chi connectivity index (χ0) is 11.4. The summed E-state index contributed by atoms with van der Waals surface area (Å²) in [6.07, 6.45) is 0. The Kier molecular flexibility index (Phi) is 4.68. The summed E-state index contributed by atoms with van der Waals surface area (Å²) in [5, 5.41) is 9.70. The van der Waals surface area contributed by atoms with Gasteiger partial charge in [-0.25, -0.2) is 0 Å². The summed E-state index contributed by atoms with van der Waals surface area (Å²) in [4.78, 5) is 1.30. The smallest absolute Gasteiger partial charge is 0.0684 e. The first-order valence-corrected chi connectivity index (χ1v) is 6.29. The van der Waals surface area contributed by atoms with Crippen molar-refractivity contribution in [1.29, 1.82) is 0 Å². The van der Waals surface area contributed by atoms with Crippen LogP contribution >= 0.6 is 11.8 Å². The molecule has 0 fully saturated rings. The highest BCUT2D eigenvalue weighted by molar-refractivity contribution is 8.00. The molecule has 0 bridgehead atoms. The fourth-order valence-electron chi connectivity index (χ4n) is 1.27. The van der Waals surface area contributed by atoms with E-state index >= 15 is 0 Å². The summed E-state index contributed by atoms with van der Waals surface area (Å²) in [6.45, 7) is 8.93. The largest absolute Gasteiger partial charge is 0.392 e. The minimum atomic E-state index is 0.135. The molecule has 15 heavy (non-hydrogen) atoms. The van der Waals surface area contributed by atoms with Gasteiger partial charge in [-0.05, 0) is 36.1 Å². The van der Waals surface area contributed by atoms with Crippen LogP contribution < -0.4 is 0 Å². The van der Waals surface area contributed by atoms with E-state index in [1.54, 1.807) is 0 Å². The molecule has 84 valence electrons. The molecule has 1 N–H and O–H groups in total. The molecule has 0 aliphatic heterocycles. The van der Waals surface area contributed by atoms with Crippen LogP contribution in [-0.4, -0.2) is 10.4 Å². The molecule has 0 aliphatic rings. The fourth-order valence-corrected chi connectivity index (χ4v) is 2.36. The minimum absolute atomic E-state index is 0.135. The van der Waals surface area contributed by atoms with E-state index in [1.165, 1.54) is 10.5 Å². The second-order valence-corrected chi connectivity index (χ2v) is 5.76. The second kappa shape index (κ2) is 5.57. The maximum atomic E-state index is 9.07. The molecule has 0 amide bonds. The number of thioether (sulfide) groups is 1. The maximum absolute atomic E-state index is 9.07. The van der Waals surface area contributed by atoms with Gasteiger partial charge in [0.05, 0.1) is 6.61 Å². The van der Waals surface area contributed by atoms with Crippen LogP contribution in [0.2, 0.25) is 0 Å². The van der Waals surface area contributed by atoms with Gasteiger partial charge >= 0.3 is 0 Å². The normalized spacial score (nSPS) is 13.2. The van der Waals surface area contributed by atoms with Crippen molar-refractivity contribution in [2.75, 3.05) is 0 Å². The lowest BCUT2D eigenvalue weighted by atomic mass is 10.1. The second-order valence-electron chi connectivity index (χ2n) is 4.31. The van der Waals surface area contributed by atoms with Crippen molar-refractivity contribution in [3.05, 3.63) is 29.3 Å². The van der Waals surface area contributed by atoms with Crippen molar-refractivity contribution in [1.82, 2.24) is 0 Å². The van der Waals surface area contributed by atoms with Gasteiger partial charge in [0.1, 0.15) is 0 Å². The molecule has 1 aromatic carbocycles. The van der Waals surface area contributed by atoms with Crippen molar-refractivity contribution in [3.8, 4) is 0 Å². The number of benzene rings is 1. The molecule has 0 spiro atoms. The van der Waals surface area contributed by atoms with Crippen LogP contribution in [0.25, 0.3) is 0 Å². The molecule has 1 aromatic rings. The highest BCUT2D eigenvalue weighted by atomic mass is 32.2. The lowest BCUT2D eigenvalue weighted by molar-refractivity contribution is 0.281. The Hall–Kier alpha value is -0.470. The van der Waals surface area contributed by atoms with Crippen molar-refractivity contribution in [3.63, 3.8) is 0 Å². The Balaban J connectivity index is 2.75. The number of aryl methyl sites for hydroxylation is 1. The summed E-state index contributed by atoms with van der Waals surface area (Å²) < 4.78 is 0. The zero-order valence-corrected chi connectivity index (χ0v) is 10.8. The molecule has 1 unspecified atom stereocenters. The minimum Gasteiger partial charge on any atom is -0.392 e. The van der Waals surface area contributed by atoms with Gasteiger partial charge in [0, 0.05) is 10.1 Å². The van der Waals surface area contributed by atoms with E-state index in [2.05, 4.69) is 39.8 Å². The van der Waals surface area contributed by atoms with Gasteiger partial charge < -0.3 is 5.11 Å². The van der Waals surface area contributed by atoms with Gasteiger partial charge in [0.15, 0.2) is 0 Å². The molecular weight excluding hydrogens is 204 g/mol. The number of hydrogen-bond donors (Lipinski definition) is 1. The van der Waals surface area contributed by atoms with Gasteiger partial charge in [-0.1, -0.05) is 26.8 Å². The van der Waals surface area contributed by atoms with E-state index in [0.717, 1.165) is 5.56 Å². The number of hydrogen-bond acceptors (Lipinski definition) is 2. The van der Waals surface area contributed by atoms with E-state index in [0.29, 0.717) is 11.2 Å². The Morgan fingerprint density at radius 3 is 2.40 bits per heavy atom. The van der Waals surface area contributed by atoms with Gasteiger partial charge in [-0.3, -0.25) is 0 Å². The highest BCUT2D eigenvalue weighted by Gasteiger charge is 2.09. The molecule has 0 radical (unpaired) electrons. The average Bonchev–Trinajstić information content (AvgIpc) is 2.18. The molecule has 1 nitrogen and oxygen atoms in total.